The average molecular weight is 560 g/mol. The summed E-state index contributed by atoms with van der Waals surface area (Å²) in [7, 11) is 0. The molecule has 6 nitrogen and oxygen atoms in total. The van der Waals surface area contributed by atoms with E-state index in [1.165, 1.54) is 22.3 Å². The van der Waals surface area contributed by atoms with Crippen molar-refractivity contribution in [2.24, 2.45) is 10.3 Å². The predicted octanol–water partition coefficient (Wildman–Crippen LogP) is 7.23. The maximum absolute atomic E-state index is 12.6. The highest BCUT2D eigenvalue weighted by molar-refractivity contribution is 6.32. The monoisotopic (exact) mass is 559 g/mol. The zero-order valence-corrected chi connectivity index (χ0v) is 23.6. The van der Waals surface area contributed by atoms with Gasteiger partial charge in [0.1, 0.15) is 11.9 Å². The van der Waals surface area contributed by atoms with Crippen LogP contribution >= 0.6 is 11.6 Å². The van der Waals surface area contributed by atoms with Gasteiger partial charge in [0, 0.05) is 24.7 Å². The van der Waals surface area contributed by atoms with Crippen LogP contribution in [0.2, 0.25) is 5.02 Å². The molecule has 6 rings (SSSR count). The Hall–Kier alpha value is -3.26. The van der Waals surface area contributed by atoms with E-state index in [-0.39, 0.29) is 18.9 Å². The Morgan fingerprint density at radius 3 is 2.67 bits per heavy atom. The van der Waals surface area contributed by atoms with Crippen molar-refractivity contribution in [3.05, 3.63) is 99.1 Å². The topological polar surface area (TPSA) is 61.2 Å². The molecule has 1 fully saturated rings. The molecule has 0 amide bonds. The van der Waals surface area contributed by atoms with Crippen LogP contribution in [0, 0.1) is 6.92 Å². The molecule has 0 spiro atoms. The molecule has 1 aliphatic carbocycles. The fourth-order valence-electron chi connectivity index (χ4n) is 6.07. The second-order valence-corrected chi connectivity index (χ2v) is 11.3. The van der Waals surface area contributed by atoms with Crippen LogP contribution in [0.3, 0.4) is 0 Å². The van der Waals surface area contributed by atoms with Gasteiger partial charge in [-0.25, -0.2) is 5.53 Å². The first-order valence-electron chi connectivity index (χ1n) is 14.2. The number of alkyl halides is 1. The molecule has 0 bridgehead atoms. The molecule has 0 radical (unpaired) electrons. The Labute approximate surface area is 240 Å². The summed E-state index contributed by atoms with van der Waals surface area (Å²) in [5, 5.41) is 8.91. The fraction of sp³-hybridized carbons (Fsp3) is 0.375. The van der Waals surface area contributed by atoms with E-state index in [0.29, 0.717) is 6.42 Å². The molecule has 8 heteroatoms. The van der Waals surface area contributed by atoms with Crippen molar-refractivity contribution in [2.75, 3.05) is 26.3 Å². The van der Waals surface area contributed by atoms with Crippen LogP contribution < -0.4 is 15.7 Å². The summed E-state index contributed by atoms with van der Waals surface area (Å²) in [6.45, 7) is 4.42. The van der Waals surface area contributed by atoms with Crippen LogP contribution in [0.5, 0.6) is 5.75 Å². The van der Waals surface area contributed by atoms with Gasteiger partial charge in [-0.1, -0.05) is 59.3 Å². The molecular formula is C32H35ClFN5O. The van der Waals surface area contributed by atoms with Crippen LogP contribution in [0.15, 0.2) is 71.0 Å². The maximum atomic E-state index is 12.6. The van der Waals surface area contributed by atoms with Crippen molar-refractivity contribution in [1.82, 2.24) is 15.9 Å². The molecule has 3 aliphatic rings. The predicted molar refractivity (Wildman–Crippen MR) is 158 cm³/mol. The van der Waals surface area contributed by atoms with Gasteiger partial charge in [0.05, 0.1) is 6.67 Å². The molecule has 1 saturated heterocycles. The van der Waals surface area contributed by atoms with Gasteiger partial charge in [0.2, 0.25) is 0 Å². The minimum atomic E-state index is -0.264. The van der Waals surface area contributed by atoms with Gasteiger partial charge in [0.25, 0.3) is 0 Å². The Morgan fingerprint density at radius 1 is 1.05 bits per heavy atom. The Morgan fingerprint density at radius 2 is 1.90 bits per heavy atom. The van der Waals surface area contributed by atoms with Crippen molar-refractivity contribution in [3.63, 3.8) is 0 Å². The van der Waals surface area contributed by atoms with Crippen molar-refractivity contribution >= 4 is 22.7 Å². The van der Waals surface area contributed by atoms with Crippen LogP contribution in [0.25, 0.3) is 11.1 Å². The number of rotatable bonds is 8. The zero-order chi connectivity index (χ0) is 27.5. The molecule has 3 aromatic carbocycles. The molecule has 2 heterocycles. The lowest BCUT2D eigenvalue weighted by Crippen LogP contribution is -2.26. The van der Waals surface area contributed by atoms with Gasteiger partial charge >= 0.3 is 0 Å². The van der Waals surface area contributed by atoms with E-state index in [2.05, 4.69) is 93.8 Å². The number of halogens is 2. The number of nitrogens with zero attached hydrogens (tertiary/aromatic N) is 3. The number of benzene rings is 3. The minimum Gasteiger partial charge on any atom is -0.489 e. The minimum absolute atomic E-state index is 0.138. The highest BCUT2D eigenvalue weighted by Gasteiger charge is 2.25. The molecule has 2 N–H and O–H groups in total. The molecule has 0 aromatic heterocycles. The molecule has 2 aliphatic heterocycles. The summed E-state index contributed by atoms with van der Waals surface area (Å²) < 4.78 is 18.9. The summed E-state index contributed by atoms with van der Waals surface area (Å²) in [6.07, 6.45) is 4.44. The maximum Gasteiger partial charge on any atom is 0.166 e. The number of aryl methyl sites for hydroxylation is 2. The number of hydrazine groups is 1. The van der Waals surface area contributed by atoms with E-state index in [9.17, 15) is 4.39 Å². The highest BCUT2D eigenvalue weighted by atomic mass is 35.5. The highest BCUT2D eigenvalue weighted by Crippen LogP contribution is 2.43. The zero-order valence-electron chi connectivity index (χ0n) is 22.8. The number of hydrogen-bond donors (Lipinski definition) is 2. The first-order valence-corrected chi connectivity index (χ1v) is 14.6. The quantitative estimate of drug-likeness (QED) is 0.305. The van der Waals surface area contributed by atoms with Gasteiger partial charge < -0.3 is 4.74 Å². The Bertz CT molecular complexity index is 1420. The van der Waals surface area contributed by atoms with Crippen LogP contribution in [-0.2, 0) is 6.42 Å². The Kier molecular flexibility index (Phi) is 8.14. The number of nitrogens with one attached hydrogen (secondary N) is 2. The van der Waals surface area contributed by atoms with Gasteiger partial charge in [-0.05, 0) is 102 Å². The van der Waals surface area contributed by atoms with E-state index < -0.39 is 0 Å². The third-order valence-electron chi connectivity index (χ3n) is 8.05. The summed E-state index contributed by atoms with van der Waals surface area (Å²) in [5.41, 5.74) is 15.3. The third-order valence-corrected chi connectivity index (χ3v) is 8.36. The Balaban J connectivity index is 1.35. The number of hydrogen-bond acceptors (Lipinski definition) is 6. The van der Waals surface area contributed by atoms with E-state index >= 15 is 0 Å². The smallest absolute Gasteiger partial charge is 0.166 e. The number of likely N-dealkylation sites (tertiary alicyclic amines) is 1. The molecule has 1 unspecified atom stereocenters. The van der Waals surface area contributed by atoms with Crippen molar-refractivity contribution in [2.45, 2.75) is 51.3 Å². The number of allylic oxidation sites excluding steroid dienone is 1. The van der Waals surface area contributed by atoms with Crippen LogP contribution in [0.4, 0.5) is 4.39 Å². The van der Waals surface area contributed by atoms with E-state index in [4.69, 9.17) is 16.3 Å². The second kappa shape index (κ2) is 12.1. The first kappa shape index (κ1) is 26.9. The van der Waals surface area contributed by atoms with Gasteiger partial charge in [-0.3, -0.25) is 9.29 Å². The molecular weight excluding hydrogens is 525 g/mol. The molecule has 208 valence electrons. The average Bonchev–Trinajstić information content (AvgIpc) is 3.62. The third kappa shape index (κ3) is 5.78. The SMILES string of the molecule is Cc1ccc(C2=C(c3ccc(O[C@H]4CCN(CCCF)C4)cc3)c3ccc(C4N=NNN4)cc3CCC2)c(Cl)c1. The molecule has 2 atom stereocenters. The lowest BCUT2D eigenvalue weighted by molar-refractivity contribution is 0.198. The first-order chi connectivity index (χ1) is 19.6. The van der Waals surface area contributed by atoms with E-state index in [1.54, 1.807) is 0 Å². The summed E-state index contributed by atoms with van der Waals surface area (Å²) in [4.78, 5) is 2.29. The molecule has 0 saturated carbocycles. The summed E-state index contributed by atoms with van der Waals surface area (Å²) in [5.74, 6) is 0.867. The second-order valence-electron chi connectivity index (χ2n) is 10.9. The lowest BCUT2D eigenvalue weighted by atomic mass is 9.87. The lowest BCUT2D eigenvalue weighted by Gasteiger charge is -2.20. The van der Waals surface area contributed by atoms with Crippen LogP contribution in [0.1, 0.15) is 65.2 Å². The van der Waals surface area contributed by atoms with Gasteiger partial charge in [-0.2, -0.15) is 5.43 Å². The molecule has 40 heavy (non-hydrogen) atoms. The summed E-state index contributed by atoms with van der Waals surface area (Å²) >= 11 is 6.85. The normalized spacial score (nSPS) is 20.9. The largest absolute Gasteiger partial charge is 0.489 e. The van der Waals surface area contributed by atoms with Crippen molar-refractivity contribution < 1.29 is 9.13 Å². The van der Waals surface area contributed by atoms with Crippen molar-refractivity contribution in [3.8, 4) is 5.75 Å². The van der Waals surface area contributed by atoms with E-state index in [0.717, 1.165) is 78.3 Å². The fourth-order valence-corrected chi connectivity index (χ4v) is 6.42. The standard InChI is InChI=1S/C32H35ClFN5O/c1-21-6-12-28(30(33)18-21)29-5-2-4-23-19-24(32-35-37-38-36-32)9-13-27(23)31(29)22-7-10-25(11-8-22)40-26-14-17-39(20-26)16-3-15-34/h6-13,18-19,26,32H,2-5,14-17,20H2,1H3,(H,35,38)(H,36,37)/t26-/m0/s1. The van der Waals surface area contributed by atoms with Gasteiger partial charge in [0.15, 0.2) is 6.17 Å². The van der Waals surface area contributed by atoms with Crippen molar-refractivity contribution in [1.29, 1.82) is 0 Å². The number of fused-ring (bicyclic) bond motifs is 1. The number of ether oxygens (including phenoxy) is 1. The summed E-state index contributed by atoms with van der Waals surface area (Å²) in [6, 6.07) is 21.5. The van der Waals surface area contributed by atoms with E-state index in [1.807, 2.05) is 0 Å². The molecule has 3 aromatic rings. The van der Waals surface area contributed by atoms with Crippen LogP contribution in [-0.4, -0.2) is 37.3 Å². The van der Waals surface area contributed by atoms with Gasteiger partial charge in [-0.15, -0.1) is 5.11 Å².